The molecule has 0 aliphatic rings. The molecule has 0 bridgehead atoms. The van der Waals surface area contributed by atoms with Crippen LogP contribution in [0.5, 0.6) is 0 Å². The summed E-state index contributed by atoms with van der Waals surface area (Å²) in [6.07, 6.45) is -1.80. The van der Waals surface area contributed by atoms with Crippen LogP contribution >= 0.6 is 22.6 Å². The first-order chi connectivity index (χ1) is 26.0. The van der Waals surface area contributed by atoms with Crippen molar-refractivity contribution in [3.8, 4) is 0 Å². The van der Waals surface area contributed by atoms with Gasteiger partial charge >= 0.3 is 0 Å². The zero-order chi connectivity index (χ0) is 43.3. The summed E-state index contributed by atoms with van der Waals surface area (Å²) in [7, 11) is 0. The van der Waals surface area contributed by atoms with Crippen molar-refractivity contribution >= 4 is 63.9 Å². The zero-order valence-corrected chi connectivity index (χ0v) is 37.6. The van der Waals surface area contributed by atoms with Crippen LogP contribution in [-0.2, 0) is 33.6 Å². The highest BCUT2D eigenvalue weighted by Gasteiger charge is 2.34. The number of aliphatic hydroxyl groups is 2. The summed E-state index contributed by atoms with van der Waals surface area (Å²) >= 11 is 1.95. The fraction of sp³-hybridized carbons (Fsp3) is 0.821. The third-order valence-electron chi connectivity index (χ3n) is 8.82. The smallest absolute Gasteiger partial charge is 0.243 e. The van der Waals surface area contributed by atoms with E-state index in [1.54, 1.807) is 27.7 Å². The Morgan fingerprint density at radius 2 is 0.893 bits per heavy atom. The average Bonchev–Trinajstić information content (AvgIpc) is 3.07. The molecule has 0 aromatic rings. The van der Waals surface area contributed by atoms with Gasteiger partial charge in [0, 0.05) is 19.5 Å². The van der Waals surface area contributed by atoms with Crippen molar-refractivity contribution in [2.75, 3.05) is 17.5 Å². The molecule has 0 fully saturated rings. The lowest BCUT2D eigenvalue weighted by Crippen LogP contribution is -2.59. The molecule has 0 radical (unpaired) electrons. The predicted molar refractivity (Wildman–Crippen MR) is 224 cm³/mol. The van der Waals surface area contributed by atoms with Gasteiger partial charge in [0.15, 0.2) is 0 Å². The number of carbonyl (C=O) groups excluding carboxylic acids is 7. The second kappa shape index (κ2) is 27.6. The van der Waals surface area contributed by atoms with Crippen molar-refractivity contribution < 1.29 is 43.8 Å². The van der Waals surface area contributed by atoms with E-state index in [1.165, 1.54) is 6.92 Å². The number of halogens is 1. The van der Waals surface area contributed by atoms with Crippen LogP contribution in [-0.4, -0.2) is 111 Å². The van der Waals surface area contributed by atoms with Crippen LogP contribution in [0.15, 0.2) is 0 Å². The van der Waals surface area contributed by atoms with Gasteiger partial charge in [0.1, 0.15) is 18.1 Å². The van der Waals surface area contributed by atoms with E-state index in [-0.39, 0.29) is 54.2 Å². The molecule has 0 saturated heterocycles. The highest BCUT2D eigenvalue weighted by molar-refractivity contribution is 14.1. The van der Waals surface area contributed by atoms with Crippen molar-refractivity contribution in [3.05, 3.63) is 0 Å². The number of carbonyl (C=O) groups is 7. The van der Waals surface area contributed by atoms with Gasteiger partial charge in [-0.25, -0.2) is 0 Å². The number of aliphatic hydroxyl groups excluding tert-OH is 2. The standard InChI is InChI=1S/C39H72IN7O9/c1-21(2)15-27(29(48)18-31(50)41-13-12-14-42-34(53)20-40)44-37(54)26(11)43-33(52)19-30(49)28(16-22(3)4)45-38(55)36(25(9)10)47-39(56)35(24(7)8)46-32(51)17-23(5)6/h21-30,35-36,48-49H,12-20H2,1-11H3,(H,41,50)(H,42,53)(H,43,52)(H,44,54)(H,45,55)(H,46,51)(H,47,56)/t26-,27-,28-,29-,30-,35-,36-/m0/s1. The Kier molecular flexibility index (Phi) is 26.0. The van der Waals surface area contributed by atoms with Gasteiger partial charge in [-0.05, 0) is 55.8 Å². The molecule has 0 saturated carbocycles. The van der Waals surface area contributed by atoms with Crippen LogP contribution in [0.25, 0.3) is 0 Å². The number of rotatable bonds is 27. The molecular formula is C39H72IN7O9. The summed E-state index contributed by atoms with van der Waals surface area (Å²) in [4.78, 5) is 89.5. The third kappa shape index (κ3) is 22.6. The average molecular weight is 910 g/mol. The molecule has 0 aromatic carbocycles. The molecule has 16 nitrogen and oxygen atoms in total. The van der Waals surface area contributed by atoms with Crippen molar-refractivity contribution in [3.63, 3.8) is 0 Å². The first-order valence-electron chi connectivity index (χ1n) is 19.9. The first kappa shape index (κ1) is 52.9. The van der Waals surface area contributed by atoms with E-state index in [2.05, 4.69) is 37.2 Å². The monoisotopic (exact) mass is 909 g/mol. The fourth-order valence-corrected chi connectivity index (χ4v) is 6.10. The Morgan fingerprint density at radius 1 is 0.482 bits per heavy atom. The van der Waals surface area contributed by atoms with Crippen LogP contribution in [0.1, 0.15) is 115 Å². The molecule has 0 spiro atoms. The van der Waals surface area contributed by atoms with Gasteiger partial charge in [-0.1, -0.05) is 91.8 Å². The van der Waals surface area contributed by atoms with Gasteiger partial charge in [0.05, 0.1) is 41.6 Å². The maximum atomic E-state index is 13.6. The van der Waals surface area contributed by atoms with E-state index >= 15 is 0 Å². The Hall–Kier alpha value is -3.06. The Morgan fingerprint density at radius 3 is 1.34 bits per heavy atom. The molecule has 17 heteroatoms. The van der Waals surface area contributed by atoms with Crippen LogP contribution in [0, 0.1) is 29.6 Å². The maximum Gasteiger partial charge on any atom is 0.243 e. The number of hydrogen-bond acceptors (Lipinski definition) is 9. The summed E-state index contributed by atoms with van der Waals surface area (Å²) < 4.78 is 0.340. The molecule has 324 valence electrons. The van der Waals surface area contributed by atoms with Crippen molar-refractivity contribution in [2.45, 2.75) is 157 Å². The van der Waals surface area contributed by atoms with E-state index in [4.69, 9.17) is 0 Å². The SMILES string of the molecule is CC(C)CC(=O)N[C@H](C(=O)N[C@H](C(=O)N[C@@H](CC(C)C)[C@@H](O)CC(=O)N[C@@H](C)C(=O)N[C@@H](CC(C)C)[C@@H](O)CC(=O)NCCCNC(=O)CI)C(C)C)C(C)C. The molecule has 7 amide bonds. The van der Waals surface area contributed by atoms with Gasteiger partial charge < -0.3 is 47.4 Å². The van der Waals surface area contributed by atoms with Crippen molar-refractivity contribution in [1.82, 2.24) is 37.2 Å². The van der Waals surface area contributed by atoms with Gasteiger partial charge in [0.2, 0.25) is 41.4 Å². The Balaban J connectivity index is 5.51. The normalized spacial score (nSPS) is 15.3. The van der Waals surface area contributed by atoms with Gasteiger partial charge in [0.25, 0.3) is 0 Å². The highest BCUT2D eigenvalue weighted by Crippen LogP contribution is 2.15. The van der Waals surface area contributed by atoms with Crippen molar-refractivity contribution in [2.24, 2.45) is 29.6 Å². The second-order valence-electron chi connectivity index (χ2n) is 16.6. The lowest BCUT2D eigenvalue weighted by atomic mass is 9.95. The lowest BCUT2D eigenvalue weighted by molar-refractivity contribution is -0.134. The minimum absolute atomic E-state index is 0.0101. The minimum Gasteiger partial charge on any atom is -0.390 e. The largest absolute Gasteiger partial charge is 0.390 e. The highest BCUT2D eigenvalue weighted by atomic mass is 127. The van der Waals surface area contributed by atoms with Crippen LogP contribution in [0.4, 0.5) is 0 Å². The molecule has 9 N–H and O–H groups in total. The molecule has 0 aliphatic carbocycles. The van der Waals surface area contributed by atoms with E-state index in [1.807, 2.05) is 64.1 Å². The summed E-state index contributed by atoms with van der Waals surface area (Å²) in [6.45, 7) is 20.7. The lowest BCUT2D eigenvalue weighted by Gasteiger charge is -2.31. The maximum absolute atomic E-state index is 13.6. The molecular weight excluding hydrogens is 837 g/mol. The topological polar surface area (TPSA) is 244 Å². The molecule has 0 heterocycles. The molecule has 7 atom stereocenters. The number of hydrogen-bond donors (Lipinski definition) is 9. The number of nitrogens with one attached hydrogen (secondary N) is 7. The van der Waals surface area contributed by atoms with Crippen LogP contribution in [0.3, 0.4) is 0 Å². The Bertz CT molecular complexity index is 1270. The van der Waals surface area contributed by atoms with E-state index < -0.39 is 78.4 Å². The van der Waals surface area contributed by atoms with Gasteiger partial charge in [-0.2, -0.15) is 0 Å². The van der Waals surface area contributed by atoms with Crippen molar-refractivity contribution in [1.29, 1.82) is 0 Å². The summed E-state index contributed by atoms with van der Waals surface area (Å²) in [5.41, 5.74) is 0. The summed E-state index contributed by atoms with van der Waals surface area (Å²) in [6, 6.07) is -4.56. The van der Waals surface area contributed by atoms with E-state index in [9.17, 15) is 43.8 Å². The summed E-state index contributed by atoms with van der Waals surface area (Å²) in [5.74, 6) is -3.49. The fourth-order valence-electron chi connectivity index (χ4n) is 5.83. The van der Waals surface area contributed by atoms with E-state index in [0.29, 0.717) is 36.8 Å². The molecule has 0 aliphatic heterocycles. The van der Waals surface area contributed by atoms with Gasteiger partial charge in [-0.3, -0.25) is 33.6 Å². The van der Waals surface area contributed by atoms with Crippen LogP contribution in [0.2, 0.25) is 0 Å². The minimum atomic E-state index is -1.34. The molecule has 0 unspecified atom stereocenters. The number of alkyl halides is 1. The molecule has 0 aromatic heterocycles. The quantitative estimate of drug-likeness (QED) is 0.0329. The number of amides is 7. The third-order valence-corrected chi connectivity index (χ3v) is 9.51. The molecule has 0 rings (SSSR count). The zero-order valence-electron chi connectivity index (χ0n) is 35.4. The van der Waals surface area contributed by atoms with Gasteiger partial charge in [-0.15, -0.1) is 0 Å². The Labute approximate surface area is 347 Å². The predicted octanol–water partition coefficient (Wildman–Crippen LogP) is 1.44. The van der Waals surface area contributed by atoms with Crippen LogP contribution < -0.4 is 37.2 Å². The summed E-state index contributed by atoms with van der Waals surface area (Å²) in [5, 5.41) is 41.2. The first-order valence-corrected chi connectivity index (χ1v) is 21.5. The van der Waals surface area contributed by atoms with E-state index in [0.717, 1.165) is 0 Å². The molecule has 56 heavy (non-hydrogen) atoms. The second-order valence-corrected chi connectivity index (χ2v) is 17.4.